The second-order valence-electron chi connectivity index (χ2n) is 5.46. The summed E-state index contributed by atoms with van der Waals surface area (Å²) in [4.78, 5) is 2.47. The van der Waals surface area contributed by atoms with Crippen LogP contribution >= 0.6 is 0 Å². The maximum absolute atomic E-state index is 6.06. The molecule has 0 bridgehead atoms. The number of morpholine rings is 1. The van der Waals surface area contributed by atoms with Crippen molar-refractivity contribution in [1.82, 2.24) is 0 Å². The molecular formula is C16H26N2O. The lowest BCUT2D eigenvalue weighted by molar-refractivity contribution is 0.0299. The van der Waals surface area contributed by atoms with Gasteiger partial charge in [0.2, 0.25) is 0 Å². The Bertz CT molecular complexity index is 390. The summed E-state index contributed by atoms with van der Waals surface area (Å²) in [6.45, 7) is 8.28. The van der Waals surface area contributed by atoms with Crippen LogP contribution in [0.3, 0.4) is 0 Å². The van der Waals surface area contributed by atoms with E-state index in [4.69, 9.17) is 10.5 Å². The molecule has 106 valence electrons. The number of anilines is 1. The fraction of sp³-hybridized carbons (Fsp3) is 0.625. The van der Waals surface area contributed by atoms with Gasteiger partial charge >= 0.3 is 0 Å². The third kappa shape index (κ3) is 3.28. The van der Waals surface area contributed by atoms with Crippen LogP contribution in [0.1, 0.15) is 45.2 Å². The maximum Gasteiger partial charge on any atom is 0.0723 e. The van der Waals surface area contributed by atoms with Crippen molar-refractivity contribution in [2.75, 3.05) is 18.1 Å². The summed E-state index contributed by atoms with van der Waals surface area (Å²) in [5.41, 5.74) is 8.57. The highest BCUT2D eigenvalue weighted by molar-refractivity contribution is 5.49. The molecule has 1 fully saturated rings. The SMILES string of the molecule is CCC1COC(C)CN1c1ccc([C@@H](N)CC)cc1. The molecule has 0 aliphatic carbocycles. The van der Waals surface area contributed by atoms with Gasteiger partial charge in [-0.3, -0.25) is 0 Å². The highest BCUT2D eigenvalue weighted by atomic mass is 16.5. The van der Waals surface area contributed by atoms with Crippen molar-refractivity contribution in [3.63, 3.8) is 0 Å². The van der Waals surface area contributed by atoms with Gasteiger partial charge in [0, 0.05) is 18.3 Å². The third-order valence-electron chi connectivity index (χ3n) is 4.03. The first-order valence-corrected chi connectivity index (χ1v) is 7.39. The minimum Gasteiger partial charge on any atom is -0.375 e. The maximum atomic E-state index is 6.06. The van der Waals surface area contributed by atoms with Gasteiger partial charge in [0.1, 0.15) is 0 Å². The number of rotatable bonds is 4. The summed E-state index contributed by atoms with van der Waals surface area (Å²) in [5, 5.41) is 0. The fourth-order valence-electron chi connectivity index (χ4n) is 2.65. The van der Waals surface area contributed by atoms with E-state index >= 15 is 0 Å². The Morgan fingerprint density at radius 3 is 2.58 bits per heavy atom. The highest BCUT2D eigenvalue weighted by Crippen LogP contribution is 2.25. The van der Waals surface area contributed by atoms with Crippen molar-refractivity contribution in [3.05, 3.63) is 29.8 Å². The quantitative estimate of drug-likeness (QED) is 0.906. The molecule has 2 unspecified atom stereocenters. The van der Waals surface area contributed by atoms with Crippen molar-refractivity contribution in [2.24, 2.45) is 5.73 Å². The topological polar surface area (TPSA) is 38.5 Å². The number of hydrogen-bond donors (Lipinski definition) is 1. The molecule has 3 heteroatoms. The Labute approximate surface area is 116 Å². The molecule has 1 saturated heterocycles. The predicted molar refractivity (Wildman–Crippen MR) is 80.5 cm³/mol. The highest BCUT2D eigenvalue weighted by Gasteiger charge is 2.25. The summed E-state index contributed by atoms with van der Waals surface area (Å²) < 4.78 is 5.75. The molecule has 1 aromatic carbocycles. The van der Waals surface area contributed by atoms with Crippen molar-refractivity contribution < 1.29 is 4.74 Å². The van der Waals surface area contributed by atoms with E-state index in [0.717, 1.165) is 26.0 Å². The van der Waals surface area contributed by atoms with Crippen LogP contribution in [-0.4, -0.2) is 25.3 Å². The van der Waals surface area contributed by atoms with E-state index in [2.05, 4.69) is 49.9 Å². The second kappa shape index (κ2) is 6.40. The Kier molecular flexibility index (Phi) is 4.83. The Balaban J connectivity index is 2.15. The average Bonchev–Trinajstić information content (AvgIpc) is 2.46. The van der Waals surface area contributed by atoms with Crippen LogP contribution in [0.5, 0.6) is 0 Å². The monoisotopic (exact) mass is 262 g/mol. The third-order valence-corrected chi connectivity index (χ3v) is 4.03. The summed E-state index contributed by atoms with van der Waals surface area (Å²) in [7, 11) is 0. The molecule has 2 N–H and O–H groups in total. The molecule has 0 saturated carbocycles. The van der Waals surface area contributed by atoms with E-state index < -0.39 is 0 Å². The minimum atomic E-state index is 0.152. The first-order valence-electron chi connectivity index (χ1n) is 7.39. The molecule has 1 aromatic rings. The lowest BCUT2D eigenvalue weighted by atomic mass is 10.0. The summed E-state index contributed by atoms with van der Waals surface area (Å²) in [6.07, 6.45) is 2.40. The van der Waals surface area contributed by atoms with E-state index in [1.54, 1.807) is 0 Å². The lowest BCUT2D eigenvalue weighted by Crippen LogP contribution is -2.48. The Hall–Kier alpha value is -1.06. The van der Waals surface area contributed by atoms with Gasteiger partial charge in [-0.05, 0) is 37.5 Å². The van der Waals surface area contributed by atoms with Crippen molar-refractivity contribution in [2.45, 2.75) is 51.8 Å². The van der Waals surface area contributed by atoms with Crippen LogP contribution in [0.25, 0.3) is 0 Å². The number of nitrogens with zero attached hydrogens (tertiary/aromatic N) is 1. The molecule has 3 nitrogen and oxygen atoms in total. The summed E-state index contributed by atoms with van der Waals surface area (Å²) in [6, 6.07) is 9.37. The van der Waals surface area contributed by atoms with Gasteiger partial charge in [0.25, 0.3) is 0 Å². The van der Waals surface area contributed by atoms with E-state index in [9.17, 15) is 0 Å². The number of hydrogen-bond acceptors (Lipinski definition) is 3. The van der Waals surface area contributed by atoms with Gasteiger partial charge in [-0.15, -0.1) is 0 Å². The first-order chi connectivity index (χ1) is 9.15. The molecular weight excluding hydrogens is 236 g/mol. The van der Waals surface area contributed by atoms with Crippen LogP contribution in [0, 0.1) is 0 Å². The minimum absolute atomic E-state index is 0.152. The van der Waals surface area contributed by atoms with E-state index in [-0.39, 0.29) is 6.04 Å². The predicted octanol–water partition coefficient (Wildman–Crippen LogP) is 3.10. The Morgan fingerprint density at radius 1 is 1.32 bits per heavy atom. The van der Waals surface area contributed by atoms with Crippen LogP contribution < -0.4 is 10.6 Å². The van der Waals surface area contributed by atoms with E-state index in [1.807, 2.05) is 0 Å². The van der Waals surface area contributed by atoms with E-state index in [0.29, 0.717) is 12.1 Å². The zero-order chi connectivity index (χ0) is 13.8. The van der Waals surface area contributed by atoms with Gasteiger partial charge < -0.3 is 15.4 Å². The van der Waals surface area contributed by atoms with E-state index in [1.165, 1.54) is 11.3 Å². The molecule has 0 spiro atoms. The van der Waals surface area contributed by atoms with Gasteiger partial charge in [-0.1, -0.05) is 26.0 Å². The Morgan fingerprint density at radius 2 is 2.00 bits per heavy atom. The van der Waals surface area contributed by atoms with Gasteiger partial charge in [0.05, 0.1) is 18.8 Å². The fourth-order valence-corrected chi connectivity index (χ4v) is 2.65. The van der Waals surface area contributed by atoms with Crippen molar-refractivity contribution in [3.8, 4) is 0 Å². The van der Waals surface area contributed by atoms with Crippen LogP contribution in [0.4, 0.5) is 5.69 Å². The van der Waals surface area contributed by atoms with Crippen molar-refractivity contribution in [1.29, 1.82) is 0 Å². The number of ether oxygens (including phenoxy) is 1. The molecule has 2 rings (SSSR count). The second-order valence-corrected chi connectivity index (χ2v) is 5.46. The summed E-state index contributed by atoms with van der Waals surface area (Å²) in [5.74, 6) is 0. The molecule has 1 aliphatic heterocycles. The van der Waals surface area contributed by atoms with Gasteiger partial charge in [-0.2, -0.15) is 0 Å². The molecule has 0 amide bonds. The molecule has 0 radical (unpaired) electrons. The normalized spacial score (nSPS) is 25.4. The summed E-state index contributed by atoms with van der Waals surface area (Å²) >= 11 is 0. The van der Waals surface area contributed by atoms with Gasteiger partial charge in [-0.25, -0.2) is 0 Å². The smallest absolute Gasteiger partial charge is 0.0723 e. The van der Waals surface area contributed by atoms with Crippen LogP contribution in [-0.2, 0) is 4.74 Å². The molecule has 3 atom stereocenters. The lowest BCUT2D eigenvalue weighted by Gasteiger charge is -2.40. The zero-order valence-corrected chi connectivity index (χ0v) is 12.3. The molecule has 1 aliphatic rings. The first kappa shape index (κ1) is 14.4. The largest absolute Gasteiger partial charge is 0.375 e. The molecule has 1 heterocycles. The number of nitrogens with two attached hydrogens (primary N) is 1. The molecule has 0 aromatic heterocycles. The molecule has 19 heavy (non-hydrogen) atoms. The number of benzene rings is 1. The van der Waals surface area contributed by atoms with Gasteiger partial charge in [0.15, 0.2) is 0 Å². The zero-order valence-electron chi connectivity index (χ0n) is 12.3. The average molecular weight is 262 g/mol. The van der Waals surface area contributed by atoms with Crippen LogP contribution in [0.15, 0.2) is 24.3 Å². The van der Waals surface area contributed by atoms with Crippen molar-refractivity contribution >= 4 is 5.69 Å². The standard InChI is InChI=1S/C16H26N2O/c1-4-14-11-19-12(3)10-18(14)15-8-6-13(7-9-15)16(17)5-2/h6-9,12,14,16H,4-5,10-11,17H2,1-3H3/t12?,14?,16-/m0/s1. The van der Waals surface area contributed by atoms with Crippen LogP contribution in [0.2, 0.25) is 0 Å².